The topological polar surface area (TPSA) is 47.6 Å². The summed E-state index contributed by atoms with van der Waals surface area (Å²) in [6.07, 6.45) is 0.876. The first-order valence-corrected chi connectivity index (χ1v) is 5.55. The second kappa shape index (κ2) is 10.1. The van der Waals surface area contributed by atoms with E-state index in [0.29, 0.717) is 19.8 Å². The molecule has 4 nitrogen and oxygen atoms in total. The van der Waals surface area contributed by atoms with E-state index in [2.05, 4.69) is 5.32 Å². The molecule has 0 saturated carbocycles. The average Bonchev–Trinajstić information content (AvgIpc) is 2.26. The third-order valence-electron chi connectivity index (χ3n) is 2.27. The van der Waals surface area contributed by atoms with Crippen LogP contribution in [0.3, 0.4) is 0 Å². The quantitative estimate of drug-likeness (QED) is 0.551. The Balaban J connectivity index is 3.20. The maximum Gasteiger partial charge on any atom is 0.161 e. The number of likely N-dealkylation sites (N-methyl/N-ethyl adjacent to an activating group) is 1. The Bertz CT molecular complexity index is 162. The minimum Gasteiger partial charge on any atom is -0.378 e. The van der Waals surface area contributed by atoms with Crippen LogP contribution in [0.25, 0.3) is 0 Å². The molecular weight excluding hydrogens is 194 g/mol. The number of rotatable bonds is 10. The number of hydrogen-bond acceptors (Lipinski definition) is 4. The van der Waals surface area contributed by atoms with E-state index in [1.807, 2.05) is 20.9 Å². The Labute approximate surface area is 92.3 Å². The Morgan fingerprint density at radius 3 is 2.53 bits per heavy atom. The minimum atomic E-state index is 0.107. The van der Waals surface area contributed by atoms with E-state index in [-0.39, 0.29) is 18.3 Å². The molecule has 0 saturated heterocycles. The molecule has 15 heavy (non-hydrogen) atoms. The van der Waals surface area contributed by atoms with Gasteiger partial charge in [0.1, 0.15) is 6.61 Å². The summed E-state index contributed by atoms with van der Waals surface area (Å²) in [6, 6.07) is 0. The van der Waals surface area contributed by atoms with Crippen molar-refractivity contribution >= 4 is 5.78 Å². The van der Waals surface area contributed by atoms with E-state index in [1.54, 1.807) is 0 Å². The Morgan fingerprint density at radius 1 is 1.27 bits per heavy atom. The van der Waals surface area contributed by atoms with E-state index < -0.39 is 0 Å². The first-order valence-electron chi connectivity index (χ1n) is 5.55. The van der Waals surface area contributed by atoms with Crippen molar-refractivity contribution in [1.29, 1.82) is 0 Å². The zero-order valence-corrected chi connectivity index (χ0v) is 10.0. The molecular formula is C11H23NO3. The molecule has 0 radical (unpaired) electrons. The van der Waals surface area contributed by atoms with Crippen LogP contribution in [0.2, 0.25) is 0 Å². The number of carbonyl (C=O) groups excluding carboxylic acids is 1. The van der Waals surface area contributed by atoms with Gasteiger partial charge in [-0.05, 0) is 13.5 Å². The smallest absolute Gasteiger partial charge is 0.161 e. The highest BCUT2D eigenvalue weighted by atomic mass is 16.5. The van der Waals surface area contributed by atoms with Crippen molar-refractivity contribution in [1.82, 2.24) is 5.32 Å². The third-order valence-corrected chi connectivity index (χ3v) is 2.27. The molecule has 90 valence electrons. The molecule has 0 aromatic carbocycles. The Kier molecular flexibility index (Phi) is 9.78. The molecule has 4 heteroatoms. The predicted molar refractivity (Wildman–Crippen MR) is 60.0 cm³/mol. The monoisotopic (exact) mass is 217 g/mol. The molecule has 1 unspecified atom stereocenters. The first-order chi connectivity index (χ1) is 7.22. The number of nitrogens with one attached hydrogen (secondary N) is 1. The van der Waals surface area contributed by atoms with Crippen LogP contribution in [-0.4, -0.2) is 45.8 Å². The second-order valence-electron chi connectivity index (χ2n) is 3.54. The van der Waals surface area contributed by atoms with Crippen LogP contribution in [0.4, 0.5) is 0 Å². The lowest BCUT2D eigenvalue weighted by molar-refractivity contribution is -0.127. The van der Waals surface area contributed by atoms with Crippen molar-refractivity contribution in [2.45, 2.75) is 20.3 Å². The van der Waals surface area contributed by atoms with E-state index >= 15 is 0 Å². The summed E-state index contributed by atoms with van der Waals surface area (Å²) in [5, 5.41) is 2.98. The van der Waals surface area contributed by atoms with Gasteiger partial charge in [-0.3, -0.25) is 4.79 Å². The van der Waals surface area contributed by atoms with E-state index in [4.69, 9.17) is 9.47 Å². The summed E-state index contributed by atoms with van der Waals surface area (Å²) < 4.78 is 10.4. The Morgan fingerprint density at radius 2 is 1.93 bits per heavy atom. The van der Waals surface area contributed by atoms with Gasteiger partial charge in [0.2, 0.25) is 0 Å². The summed E-state index contributed by atoms with van der Waals surface area (Å²) >= 11 is 0. The maximum atomic E-state index is 11.3. The van der Waals surface area contributed by atoms with Gasteiger partial charge in [0, 0.05) is 12.5 Å². The predicted octanol–water partition coefficient (Wildman–Crippen LogP) is 0.854. The summed E-state index contributed by atoms with van der Waals surface area (Å²) in [6.45, 7) is 6.70. The molecule has 0 aliphatic heterocycles. The molecule has 0 heterocycles. The molecule has 0 amide bonds. The molecule has 0 spiro atoms. The van der Waals surface area contributed by atoms with Gasteiger partial charge in [-0.25, -0.2) is 0 Å². The van der Waals surface area contributed by atoms with Gasteiger partial charge in [0.25, 0.3) is 0 Å². The molecule has 0 aromatic rings. The second-order valence-corrected chi connectivity index (χ2v) is 3.54. The fourth-order valence-corrected chi connectivity index (χ4v) is 0.937. The fourth-order valence-electron chi connectivity index (χ4n) is 0.937. The molecule has 0 aromatic heterocycles. The standard InChI is InChI=1S/C11H23NO3/c1-4-10(2)11(13)9-15-8-7-14-6-5-12-3/h10,12H,4-9H2,1-3H3. The van der Waals surface area contributed by atoms with Crippen LogP contribution in [0, 0.1) is 5.92 Å². The fraction of sp³-hybridized carbons (Fsp3) is 0.909. The molecule has 1 N–H and O–H groups in total. The van der Waals surface area contributed by atoms with Gasteiger partial charge in [-0.15, -0.1) is 0 Å². The van der Waals surface area contributed by atoms with Gasteiger partial charge >= 0.3 is 0 Å². The van der Waals surface area contributed by atoms with Crippen LogP contribution in [0.15, 0.2) is 0 Å². The van der Waals surface area contributed by atoms with Crippen molar-refractivity contribution in [2.75, 3.05) is 40.0 Å². The van der Waals surface area contributed by atoms with Crippen LogP contribution in [0.5, 0.6) is 0 Å². The Hall–Kier alpha value is -0.450. The summed E-state index contributed by atoms with van der Waals surface area (Å²) in [4.78, 5) is 11.3. The molecule has 0 aliphatic rings. The molecule has 0 fully saturated rings. The molecule has 1 atom stereocenters. The molecule has 0 rings (SSSR count). The maximum absolute atomic E-state index is 11.3. The number of carbonyl (C=O) groups is 1. The van der Waals surface area contributed by atoms with Crippen LogP contribution < -0.4 is 5.32 Å². The van der Waals surface area contributed by atoms with Crippen molar-refractivity contribution in [3.8, 4) is 0 Å². The highest BCUT2D eigenvalue weighted by Gasteiger charge is 2.09. The SMILES string of the molecule is CCC(C)C(=O)COCCOCCNC. The summed E-state index contributed by atoms with van der Waals surface area (Å²) in [5.74, 6) is 0.280. The van der Waals surface area contributed by atoms with Crippen LogP contribution in [-0.2, 0) is 14.3 Å². The van der Waals surface area contributed by atoms with E-state index in [9.17, 15) is 4.79 Å². The number of ketones is 1. The lowest BCUT2D eigenvalue weighted by atomic mass is 10.1. The lowest BCUT2D eigenvalue weighted by Gasteiger charge is -2.08. The van der Waals surface area contributed by atoms with E-state index in [0.717, 1.165) is 13.0 Å². The molecule has 0 aliphatic carbocycles. The first kappa shape index (κ1) is 14.6. The van der Waals surface area contributed by atoms with E-state index in [1.165, 1.54) is 0 Å². The minimum absolute atomic E-state index is 0.107. The van der Waals surface area contributed by atoms with Gasteiger partial charge in [-0.2, -0.15) is 0 Å². The van der Waals surface area contributed by atoms with Gasteiger partial charge in [0.05, 0.1) is 19.8 Å². The summed E-state index contributed by atoms with van der Waals surface area (Å²) in [7, 11) is 1.88. The van der Waals surface area contributed by atoms with Gasteiger partial charge in [0.15, 0.2) is 5.78 Å². The summed E-state index contributed by atoms with van der Waals surface area (Å²) in [5.41, 5.74) is 0. The number of ether oxygens (including phenoxy) is 2. The van der Waals surface area contributed by atoms with Crippen molar-refractivity contribution in [3.05, 3.63) is 0 Å². The largest absolute Gasteiger partial charge is 0.378 e. The van der Waals surface area contributed by atoms with Crippen molar-refractivity contribution in [3.63, 3.8) is 0 Å². The van der Waals surface area contributed by atoms with Gasteiger partial charge < -0.3 is 14.8 Å². The van der Waals surface area contributed by atoms with Crippen molar-refractivity contribution < 1.29 is 14.3 Å². The van der Waals surface area contributed by atoms with Crippen LogP contribution in [0.1, 0.15) is 20.3 Å². The van der Waals surface area contributed by atoms with Gasteiger partial charge in [-0.1, -0.05) is 13.8 Å². The lowest BCUT2D eigenvalue weighted by Crippen LogP contribution is -2.19. The third kappa shape index (κ3) is 8.54. The normalized spacial score (nSPS) is 12.7. The number of Topliss-reactive ketones (excluding diaryl/α,β-unsaturated/α-hetero) is 1. The molecule has 0 bridgehead atoms. The highest BCUT2D eigenvalue weighted by molar-refractivity contribution is 5.81. The average molecular weight is 217 g/mol. The van der Waals surface area contributed by atoms with Crippen LogP contribution >= 0.6 is 0 Å². The zero-order valence-electron chi connectivity index (χ0n) is 10.0. The highest BCUT2D eigenvalue weighted by Crippen LogP contribution is 2.01. The van der Waals surface area contributed by atoms with Crippen molar-refractivity contribution in [2.24, 2.45) is 5.92 Å². The zero-order chi connectivity index (χ0) is 11.5. The number of hydrogen-bond donors (Lipinski definition) is 1.